The van der Waals surface area contributed by atoms with Crippen LogP contribution in [-0.2, 0) is 0 Å². The lowest BCUT2D eigenvalue weighted by Crippen LogP contribution is -2.40. The van der Waals surface area contributed by atoms with Crippen LogP contribution in [0.25, 0.3) is 0 Å². The summed E-state index contributed by atoms with van der Waals surface area (Å²) in [5.74, 6) is 0.0977. The van der Waals surface area contributed by atoms with Gasteiger partial charge in [-0.25, -0.2) is 0 Å². The molecular weight excluding hydrogens is 300 g/mol. The first-order chi connectivity index (χ1) is 11.1. The third kappa shape index (κ3) is 3.82. The maximum Gasteiger partial charge on any atom is 0.281 e. The number of nitrogens with one attached hydrogen (secondary N) is 1. The minimum atomic E-state index is -0.335. The average molecular weight is 324 g/mol. The molecule has 128 valence electrons. The Morgan fingerprint density at radius 1 is 1.17 bits per heavy atom. The Morgan fingerprint density at radius 3 is 2.43 bits per heavy atom. The number of nitrogens with zero attached hydrogens (tertiary/aromatic N) is 3. The Bertz CT molecular complexity index is 553. The SMILES string of the molecule is CCN1CCCC1CNC(=O)c1nc(OC)c(OC)nc1OC. The molecule has 0 aliphatic carbocycles. The Balaban J connectivity index is 2.11. The predicted octanol–water partition coefficient (Wildman–Crippen LogP) is 0.717. The van der Waals surface area contributed by atoms with Crippen molar-refractivity contribution in [2.75, 3.05) is 41.0 Å². The third-order valence-electron chi connectivity index (χ3n) is 4.00. The minimum Gasteiger partial charge on any atom is -0.479 e. The van der Waals surface area contributed by atoms with Crippen LogP contribution in [0, 0.1) is 0 Å². The first-order valence-corrected chi connectivity index (χ1v) is 7.70. The molecular formula is C15H24N4O4. The summed E-state index contributed by atoms with van der Waals surface area (Å²) in [6.07, 6.45) is 2.25. The van der Waals surface area contributed by atoms with E-state index in [1.807, 2.05) is 0 Å². The van der Waals surface area contributed by atoms with Gasteiger partial charge in [-0.3, -0.25) is 9.69 Å². The molecule has 0 aromatic carbocycles. The van der Waals surface area contributed by atoms with Gasteiger partial charge in [0.1, 0.15) is 0 Å². The second-order valence-corrected chi connectivity index (χ2v) is 5.23. The highest BCUT2D eigenvalue weighted by molar-refractivity contribution is 5.94. The van der Waals surface area contributed by atoms with Crippen molar-refractivity contribution in [3.8, 4) is 17.6 Å². The molecule has 1 atom stereocenters. The normalized spacial score (nSPS) is 17.8. The molecule has 0 spiro atoms. The van der Waals surface area contributed by atoms with Crippen molar-refractivity contribution in [3.05, 3.63) is 5.69 Å². The van der Waals surface area contributed by atoms with E-state index in [4.69, 9.17) is 14.2 Å². The number of likely N-dealkylation sites (tertiary alicyclic amines) is 1. The van der Waals surface area contributed by atoms with E-state index in [0.29, 0.717) is 12.6 Å². The van der Waals surface area contributed by atoms with Crippen molar-refractivity contribution in [2.45, 2.75) is 25.8 Å². The fourth-order valence-electron chi connectivity index (χ4n) is 2.78. The van der Waals surface area contributed by atoms with Gasteiger partial charge in [0.15, 0.2) is 5.69 Å². The number of likely N-dealkylation sites (N-methyl/N-ethyl adjacent to an activating group) is 1. The molecule has 8 nitrogen and oxygen atoms in total. The fourth-order valence-corrected chi connectivity index (χ4v) is 2.78. The van der Waals surface area contributed by atoms with E-state index in [2.05, 4.69) is 27.1 Å². The van der Waals surface area contributed by atoms with Crippen LogP contribution in [0.2, 0.25) is 0 Å². The van der Waals surface area contributed by atoms with Gasteiger partial charge in [0.05, 0.1) is 21.3 Å². The van der Waals surface area contributed by atoms with Gasteiger partial charge in [0.2, 0.25) is 5.88 Å². The van der Waals surface area contributed by atoms with Crippen LogP contribution in [0.15, 0.2) is 0 Å². The molecule has 1 aromatic heterocycles. The molecule has 1 N–H and O–H groups in total. The van der Waals surface area contributed by atoms with Gasteiger partial charge in [-0.2, -0.15) is 9.97 Å². The number of rotatable bonds is 7. The fraction of sp³-hybridized carbons (Fsp3) is 0.667. The minimum absolute atomic E-state index is 0.0891. The van der Waals surface area contributed by atoms with Gasteiger partial charge in [0, 0.05) is 12.6 Å². The van der Waals surface area contributed by atoms with Gasteiger partial charge < -0.3 is 19.5 Å². The lowest BCUT2D eigenvalue weighted by Gasteiger charge is -2.22. The highest BCUT2D eigenvalue weighted by Gasteiger charge is 2.25. The largest absolute Gasteiger partial charge is 0.479 e. The van der Waals surface area contributed by atoms with E-state index < -0.39 is 0 Å². The van der Waals surface area contributed by atoms with E-state index in [9.17, 15) is 4.79 Å². The zero-order chi connectivity index (χ0) is 16.8. The van der Waals surface area contributed by atoms with Gasteiger partial charge in [-0.15, -0.1) is 0 Å². The molecule has 0 saturated carbocycles. The maximum atomic E-state index is 12.4. The van der Waals surface area contributed by atoms with E-state index in [1.165, 1.54) is 21.3 Å². The van der Waals surface area contributed by atoms with E-state index >= 15 is 0 Å². The summed E-state index contributed by atoms with van der Waals surface area (Å²) >= 11 is 0. The second-order valence-electron chi connectivity index (χ2n) is 5.23. The molecule has 1 amide bonds. The Labute approximate surface area is 136 Å². The van der Waals surface area contributed by atoms with Gasteiger partial charge in [-0.05, 0) is 25.9 Å². The quantitative estimate of drug-likeness (QED) is 0.791. The van der Waals surface area contributed by atoms with Crippen molar-refractivity contribution in [1.29, 1.82) is 0 Å². The summed E-state index contributed by atoms with van der Waals surface area (Å²) in [6.45, 7) is 4.77. The number of carbonyl (C=O) groups excluding carboxylic acids is 1. The Morgan fingerprint density at radius 2 is 1.83 bits per heavy atom. The first kappa shape index (κ1) is 17.3. The standard InChI is InChI=1S/C15H24N4O4/c1-5-19-8-6-7-10(19)9-16-12(20)11-13(21-2)18-15(23-4)14(17-11)22-3/h10H,5-9H2,1-4H3,(H,16,20). The smallest absolute Gasteiger partial charge is 0.281 e. The Kier molecular flexibility index (Phi) is 5.97. The molecule has 2 heterocycles. The number of hydrogen-bond donors (Lipinski definition) is 1. The summed E-state index contributed by atoms with van der Waals surface area (Å²) in [5, 5.41) is 2.91. The van der Waals surface area contributed by atoms with Crippen LogP contribution in [-0.4, -0.2) is 67.8 Å². The monoisotopic (exact) mass is 324 g/mol. The number of amides is 1. The summed E-state index contributed by atoms with van der Waals surface area (Å²) in [6, 6.07) is 0.364. The zero-order valence-electron chi connectivity index (χ0n) is 14.1. The van der Waals surface area contributed by atoms with Crippen LogP contribution in [0.1, 0.15) is 30.3 Å². The third-order valence-corrected chi connectivity index (χ3v) is 4.00. The molecule has 23 heavy (non-hydrogen) atoms. The number of methoxy groups -OCH3 is 3. The first-order valence-electron chi connectivity index (χ1n) is 7.70. The van der Waals surface area contributed by atoms with Crippen LogP contribution in [0.3, 0.4) is 0 Å². The molecule has 1 fully saturated rings. The summed E-state index contributed by atoms with van der Waals surface area (Å²) in [4.78, 5) is 23.1. The molecule has 0 bridgehead atoms. The highest BCUT2D eigenvalue weighted by Crippen LogP contribution is 2.27. The second kappa shape index (κ2) is 7.96. The summed E-state index contributed by atoms with van der Waals surface area (Å²) in [7, 11) is 4.33. The van der Waals surface area contributed by atoms with Crippen molar-refractivity contribution in [2.24, 2.45) is 0 Å². The van der Waals surface area contributed by atoms with Gasteiger partial charge >= 0.3 is 0 Å². The molecule has 1 aromatic rings. The molecule has 0 radical (unpaired) electrons. The van der Waals surface area contributed by atoms with Gasteiger partial charge in [0.25, 0.3) is 17.7 Å². The van der Waals surface area contributed by atoms with Crippen molar-refractivity contribution >= 4 is 5.91 Å². The topological polar surface area (TPSA) is 85.8 Å². The van der Waals surface area contributed by atoms with E-state index in [0.717, 1.165) is 25.9 Å². The van der Waals surface area contributed by atoms with Crippen molar-refractivity contribution < 1.29 is 19.0 Å². The maximum absolute atomic E-state index is 12.4. The van der Waals surface area contributed by atoms with E-state index in [-0.39, 0.29) is 29.2 Å². The lowest BCUT2D eigenvalue weighted by atomic mass is 10.2. The molecule has 1 unspecified atom stereocenters. The number of carbonyl (C=O) groups is 1. The van der Waals surface area contributed by atoms with Crippen molar-refractivity contribution in [1.82, 2.24) is 20.2 Å². The lowest BCUT2D eigenvalue weighted by molar-refractivity contribution is 0.0930. The zero-order valence-corrected chi connectivity index (χ0v) is 14.1. The average Bonchev–Trinajstić information content (AvgIpc) is 3.05. The molecule has 8 heteroatoms. The highest BCUT2D eigenvalue weighted by atomic mass is 16.5. The Hall–Kier alpha value is -2.09. The van der Waals surface area contributed by atoms with Crippen molar-refractivity contribution in [3.63, 3.8) is 0 Å². The summed E-state index contributed by atoms with van der Waals surface area (Å²) in [5.41, 5.74) is 0.0891. The number of hydrogen-bond acceptors (Lipinski definition) is 7. The molecule has 1 aliphatic heterocycles. The van der Waals surface area contributed by atoms with Gasteiger partial charge in [-0.1, -0.05) is 6.92 Å². The van der Waals surface area contributed by atoms with Crippen LogP contribution >= 0.6 is 0 Å². The van der Waals surface area contributed by atoms with Crippen LogP contribution in [0.4, 0.5) is 0 Å². The number of aromatic nitrogens is 2. The van der Waals surface area contributed by atoms with Crippen LogP contribution in [0.5, 0.6) is 17.6 Å². The van der Waals surface area contributed by atoms with Crippen LogP contribution < -0.4 is 19.5 Å². The molecule has 1 saturated heterocycles. The van der Waals surface area contributed by atoms with E-state index in [1.54, 1.807) is 0 Å². The molecule has 2 rings (SSSR count). The number of ether oxygens (including phenoxy) is 3. The molecule has 1 aliphatic rings. The predicted molar refractivity (Wildman–Crippen MR) is 84.3 cm³/mol. The summed E-state index contributed by atoms with van der Waals surface area (Å²) < 4.78 is 15.3.